The number of thioether (sulfide) groups is 1. The number of fused-ring (bicyclic) bond motifs is 2. The maximum Gasteiger partial charge on any atom is 0.283 e. The molecule has 42 heavy (non-hydrogen) atoms. The molecule has 1 amide bonds. The number of amidine groups is 2. The Bertz CT molecular complexity index is 1800. The molecule has 9 heteroatoms. The molecule has 0 bridgehead atoms. The van der Waals surface area contributed by atoms with Crippen LogP contribution in [-0.4, -0.2) is 44.7 Å². The van der Waals surface area contributed by atoms with Crippen LogP contribution in [0, 0.1) is 26.2 Å². The second-order valence-corrected chi connectivity index (χ2v) is 11.3. The van der Waals surface area contributed by atoms with E-state index in [0.717, 1.165) is 52.1 Å². The molecule has 0 saturated carbocycles. The SMILES string of the molecule is Cc1ccccc1OCC1=NN2C(=N)C(=Cc3cn(CCCOc4cccc(C)c4C)c4ccccc34)C(=O)N=C2S1. The van der Waals surface area contributed by atoms with Gasteiger partial charge in [-0.2, -0.15) is 15.1 Å². The summed E-state index contributed by atoms with van der Waals surface area (Å²) in [5, 5.41) is 16.8. The third-order valence-corrected chi connectivity index (χ3v) is 8.30. The van der Waals surface area contributed by atoms with Gasteiger partial charge in [-0.1, -0.05) is 48.5 Å². The lowest BCUT2D eigenvalue weighted by molar-refractivity contribution is -0.114. The van der Waals surface area contributed by atoms with Crippen molar-refractivity contribution in [1.82, 2.24) is 9.58 Å². The Kier molecular flexibility index (Phi) is 7.67. The number of hydrogen-bond donors (Lipinski definition) is 1. The monoisotopic (exact) mass is 577 g/mol. The van der Waals surface area contributed by atoms with Gasteiger partial charge in [0.05, 0.1) is 12.2 Å². The fourth-order valence-electron chi connectivity index (χ4n) is 4.98. The molecule has 2 aliphatic heterocycles. The highest BCUT2D eigenvalue weighted by Crippen LogP contribution is 2.31. The van der Waals surface area contributed by atoms with Crippen LogP contribution in [0.5, 0.6) is 11.5 Å². The molecule has 0 saturated heterocycles. The standard InChI is InChI=1S/C33H31N5O3S/c1-21-11-8-15-29(23(21)3)40-17-9-16-37-19-24(25-12-5-6-13-27(25)37)18-26-31(34)38-33(35-32(26)39)42-30(36-38)20-41-28-14-7-4-10-22(28)2/h4-8,10-15,18-19,34H,9,16-17,20H2,1-3H3. The fourth-order valence-corrected chi connectivity index (χ4v) is 5.77. The van der Waals surface area contributed by atoms with Crippen LogP contribution < -0.4 is 9.47 Å². The van der Waals surface area contributed by atoms with E-state index < -0.39 is 5.91 Å². The normalized spacial score (nSPS) is 15.7. The minimum absolute atomic E-state index is 0.00199. The van der Waals surface area contributed by atoms with Crippen molar-refractivity contribution in [3.05, 3.63) is 101 Å². The van der Waals surface area contributed by atoms with Crippen molar-refractivity contribution in [2.24, 2.45) is 10.1 Å². The van der Waals surface area contributed by atoms with E-state index in [2.05, 4.69) is 40.6 Å². The van der Waals surface area contributed by atoms with Crippen LogP contribution in [0.25, 0.3) is 17.0 Å². The number of aliphatic imine (C=N–C) groups is 1. The van der Waals surface area contributed by atoms with Crippen molar-refractivity contribution in [2.75, 3.05) is 13.2 Å². The van der Waals surface area contributed by atoms with Gasteiger partial charge in [-0.15, -0.1) is 0 Å². The van der Waals surface area contributed by atoms with Crippen molar-refractivity contribution in [1.29, 1.82) is 5.41 Å². The van der Waals surface area contributed by atoms with E-state index in [1.54, 1.807) is 6.08 Å². The lowest BCUT2D eigenvalue weighted by Gasteiger charge is -2.20. The van der Waals surface area contributed by atoms with Gasteiger partial charge in [0.2, 0.25) is 5.17 Å². The van der Waals surface area contributed by atoms with Crippen LogP contribution in [0.1, 0.15) is 28.7 Å². The Morgan fingerprint density at radius 2 is 1.69 bits per heavy atom. The second kappa shape index (κ2) is 11.7. The van der Waals surface area contributed by atoms with Crippen molar-refractivity contribution < 1.29 is 14.3 Å². The van der Waals surface area contributed by atoms with Gasteiger partial charge >= 0.3 is 0 Å². The number of amides is 1. The second-order valence-electron chi connectivity index (χ2n) is 10.3. The first-order valence-electron chi connectivity index (χ1n) is 13.8. The number of ether oxygens (including phenoxy) is 2. The molecule has 0 fully saturated rings. The first-order valence-corrected chi connectivity index (χ1v) is 14.6. The van der Waals surface area contributed by atoms with Crippen LogP contribution >= 0.6 is 11.8 Å². The summed E-state index contributed by atoms with van der Waals surface area (Å²) in [5.74, 6) is 1.24. The lowest BCUT2D eigenvalue weighted by atomic mass is 10.1. The maximum absolute atomic E-state index is 13.1. The van der Waals surface area contributed by atoms with Gasteiger partial charge in [-0.05, 0) is 79.9 Å². The van der Waals surface area contributed by atoms with Crippen LogP contribution in [-0.2, 0) is 11.3 Å². The number of para-hydroxylation sites is 2. The maximum atomic E-state index is 13.1. The number of rotatable bonds is 9. The Hall–Kier alpha value is -4.63. The molecule has 6 rings (SSSR count). The van der Waals surface area contributed by atoms with E-state index in [0.29, 0.717) is 16.8 Å². The van der Waals surface area contributed by atoms with Gasteiger partial charge in [-0.3, -0.25) is 10.2 Å². The predicted molar refractivity (Wildman–Crippen MR) is 170 cm³/mol. The Morgan fingerprint density at radius 3 is 2.55 bits per heavy atom. The van der Waals surface area contributed by atoms with Gasteiger partial charge in [0, 0.05) is 29.2 Å². The molecule has 0 aliphatic carbocycles. The quantitative estimate of drug-likeness (QED) is 0.176. The van der Waals surface area contributed by atoms with Gasteiger partial charge < -0.3 is 14.0 Å². The highest BCUT2D eigenvalue weighted by molar-refractivity contribution is 8.27. The first kappa shape index (κ1) is 27.5. The summed E-state index contributed by atoms with van der Waals surface area (Å²) >= 11 is 1.25. The lowest BCUT2D eigenvalue weighted by Crippen LogP contribution is -2.35. The number of nitrogens with zero attached hydrogens (tertiary/aromatic N) is 4. The van der Waals surface area contributed by atoms with Crippen molar-refractivity contribution in [3.63, 3.8) is 0 Å². The molecule has 2 aliphatic rings. The van der Waals surface area contributed by atoms with E-state index in [-0.39, 0.29) is 18.0 Å². The molecule has 212 valence electrons. The highest BCUT2D eigenvalue weighted by atomic mass is 32.2. The molecule has 1 aromatic heterocycles. The number of hydrazone groups is 1. The van der Waals surface area contributed by atoms with E-state index in [1.165, 1.54) is 22.3 Å². The fraction of sp³-hybridized carbons (Fsp3) is 0.212. The first-order chi connectivity index (χ1) is 20.4. The number of carbonyl (C=O) groups is 1. The summed E-state index contributed by atoms with van der Waals surface area (Å²) in [6, 6.07) is 21.9. The topological polar surface area (TPSA) is 92.3 Å². The number of nitrogens with one attached hydrogen (secondary N) is 1. The van der Waals surface area contributed by atoms with Gasteiger partial charge in [0.15, 0.2) is 5.84 Å². The Balaban J connectivity index is 1.18. The van der Waals surface area contributed by atoms with Crippen molar-refractivity contribution in [2.45, 2.75) is 33.7 Å². The summed E-state index contributed by atoms with van der Waals surface area (Å²) < 4.78 is 14.2. The molecule has 3 aromatic carbocycles. The predicted octanol–water partition coefficient (Wildman–Crippen LogP) is 6.73. The van der Waals surface area contributed by atoms with Crippen molar-refractivity contribution >= 4 is 50.7 Å². The smallest absolute Gasteiger partial charge is 0.283 e. The summed E-state index contributed by atoms with van der Waals surface area (Å²) in [4.78, 5) is 17.3. The van der Waals surface area contributed by atoms with E-state index in [9.17, 15) is 4.79 Å². The van der Waals surface area contributed by atoms with E-state index >= 15 is 0 Å². The Labute approximate surface area is 248 Å². The van der Waals surface area contributed by atoms with E-state index in [4.69, 9.17) is 14.9 Å². The molecule has 1 N–H and O–H groups in total. The van der Waals surface area contributed by atoms with Crippen LogP contribution in [0.15, 0.2) is 88.6 Å². The molecule has 0 atom stereocenters. The van der Waals surface area contributed by atoms with Gasteiger partial charge in [0.25, 0.3) is 5.91 Å². The van der Waals surface area contributed by atoms with Crippen LogP contribution in [0.3, 0.4) is 0 Å². The number of carbonyl (C=O) groups excluding carboxylic acids is 1. The number of aromatic nitrogens is 1. The zero-order valence-electron chi connectivity index (χ0n) is 23.8. The minimum atomic E-state index is -0.450. The minimum Gasteiger partial charge on any atom is -0.493 e. The summed E-state index contributed by atoms with van der Waals surface area (Å²) in [6.45, 7) is 7.71. The van der Waals surface area contributed by atoms with Gasteiger partial charge in [0.1, 0.15) is 23.1 Å². The zero-order chi connectivity index (χ0) is 29.2. The van der Waals surface area contributed by atoms with Gasteiger partial charge in [-0.25, -0.2) is 0 Å². The summed E-state index contributed by atoms with van der Waals surface area (Å²) in [5.41, 5.74) is 5.51. The highest BCUT2D eigenvalue weighted by Gasteiger charge is 2.36. The molecule has 0 unspecified atom stereocenters. The average molecular weight is 578 g/mol. The zero-order valence-corrected chi connectivity index (χ0v) is 24.6. The molecule has 3 heterocycles. The molecule has 4 aromatic rings. The largest absolute Gasteiger partial charge is 0.493 e. The molecular weight excluding hydrogens is 546 g/mol. The molecule has 0 radical (unpaired) electrons. The molecule has 0 spiro atoms. The summed E-state index contributed by atoms with van der Waals surface area (Å²) in [7, 11) is 0. The van der Waals surface area contributed by atoms with E-state index in [1.807, 2.05) is 67.7 Å². The number of aryl methyl sites for hydroxylation is 3. The average Bonchev–Trinajstić information content (AvgIpc) is 3.56. The Morgan fingerprint density at radius 1 is 0.929 bits per heavy atom. The van der Waals surface area contributed by atoms with Crippen LogP contribution in [0.4, 0.5) is 0 Å². The number of hydrogen-bond acceptors (Lipinski definition) is 6. The van der Waals surface area contributed by atoms with Crippen molar-refractivity contribution in [3.8, 4) is 11.5 Å². The third-order valence-electron chi connectivity index (χ3n) is 7.42. The molecular formula is C33H31N5O3S. The molecule has 8 nitrogen and oxygen atoms in total. The third kappa shape index (κ3) is 5.47. The summed E-state index contributed by atoms with van der Waals surface area (Å²) in [6.07, 6.45) is 4.59. The number of benzene rings is 3. The van der Waals surface area contributed by atoms with Crippen LogP contribution in [0.2, 0.25) is 0 Å².